The number of hydrogen-bond acceptors (Lipinski definition) is 5. The molecule has 3 rings (SSSR count). The minimum Gasteiger partial charge on any atom is -0.462 e. The van der Waals surface area contributed by atoms with Gasteiger partial charge in [-0.15, -0.1) is 0 Å². The first-order valence-electron chi connectivity index (χ1n) is 8.97. The number of amides is 3. The highest BCUT2D eigenvalue weighted by Crippen LogP contribution is 2.30. The van der Waals surface area contributed by atoms with Crippen LogP contribution in [0, 0.1) is 12.8 Å². The van der Waals surface area contributed by atoms with E-state index in [2.05, 4.69) is 21.5 Å². The number of furan rings is 1. The highest BCUT2D eigenvalue weighted by atomic mass is 32.1. The number of nitrogens with one attached hydrogen (secondary N) is 4. The van der Waals surface area contributed by atoms with Gasteiger partial charge in [-0.05, 0) is 74.5 Å². The number of benzene rings is 1. The van der Waals surface area contributed by atoms with Crippen molar-refractivity contribution in [3.8, 4) is 0 Å². The van der Waals surface area contributed by atoms with Crippen LogP contribution in [-0.2, 0) is 9.59 Å². The van der Waals surface area contributed by atoms with Gasteiger partial charge in [0.2, 0.25) is 11.8 Å². The molecule has 1 aromatic heterocycles. The summed E-state index contributed by atoms with van der Waals surface area (Å²) in [5.41, 5.74) is 5.85. The van der Waals surface area contributed by atoms with Gasteiger partial charge in [-0.2, -0.15) is 0 Å². The van der Waals surface area contributed by atoms with Crippen LogP contribution in [0.5, 0.6) is 0 Å². The molecular weight excluding hydrogens is 392 g/mol. The van der Waals surface area contributed by atoms with Crippen molar-refractivity contribution in [3.05, 3.63) is 59.6 Å². The minimum atomic E-state index is -0.471. The Kier molecular flexibility index (Phi) is 6.40. The first-order valence-corrected chi connectivity index (χ1v) is 9.38. The third kappa shape index (κ3) is 6.28. The smallest absolute Gasteiger partial charge is 0.269 e. The van der Waals surface area contributed by atoms with Crippen LogP contribution in [0.25, 0.3) is 6.08 Å². The van der Waals surface area contributed by atoms with Crippen molar-refractivity contribution in [3.63, 3.8) is 0 Å². The zero-order chi connectivity index (χ0) is 20.8. The average molecular weight is 412 g/mol. The molecule has 8 nitrogen and oxygen atoms in total. The molecule has 1 heterocycles. The standard InChI is InChI=1S/C20H20N4O4S/c1-12-2-9-16(28-12)10-11-17(25)22-20(29)24-23-19(27)14-5-7-15(8-6-14)21-18(26)13-3-4-13/h2,5-11,13H,3-4H2,1H3,(H,21,26)(H,23,27)(H2,22,24,25,29)/b11-10+. The van der Waals surface area contributed by atoms with E-state index < -0.39 is 11.8 Å². The zero-order valence-electron chi connectivity index (χ0n) is 15.7. The van der Waals surface area contributed by atoms with Gasteiger partial charge < -0.3 is 9.73 Å². The Balaban J connectivity index is 1.42. The molecule has 0 radical (unpaired) electrons. The first kappa shape index (κ1) is 20.3. The van der Waals surface area contributed by atoms with E-state index in [1.807, 2.05) is 0 Å². The van der Waals surface area contributed by atoms with Crippen molar-refractivity contribution in [2.45, 2.75) is 19.8 Å². The molecule has 3 amide bonds. The van der Waals surface area contributed by atoms with Crippen molar-refractivity contribution in [1.29, 1.82) is 0 Å². The van der Waals surface area contributed by atoms with Crippen LogP contribution < -0.4 is 21.5 Å². The van der Waals surface area contributed by atoms with E-state index in [-0.39, 0.29) is 16.9 Å². The van der Waals surface area contributed by atoms with Crippen molar-refractivity contribution in [2.24, 2.45) is 5.92 Å². The fourth-order valence-corrected chi connectivity index (χ4v) is 2.52. The first-order chi connectivity index (χ1) is 13.9. The van der Waals surface area contributed by atoms with Gasteiger partial charge in [0.15, 0.2) is 5.11 Å². The Hall–Kier alpha value is -3.46. The number of rotatable bonds is 5. The van der Waals surface area contributed by atoms with Gasteiger partial charge in [0.25, 0.3) is 5.91 Å². The van der Waals surface area contributed by atoms with E-state index in [0.29, 0.717) is 17.0 Å². The molecular formula is C20H20N4O4S. The Bertz CT molecular complexity index is 961. The third-order valence-corrected chi connectivity index (χ3v) is 4.25. The van der Waals surface area contributed by atoms with Gasteiger partial charge in [-0.1, -0.05) is 0 Å². The summed E-state index contributed by atoms with van der Waals surface area (Å²) in [4.78, 5) is 35.7. The maximum atomic E-state index is 12.1. The normalized spacial score (nSPS) is 13.0. The highest BCUT2D eigenvalue weighted by Gasteiger charge is 2.29. The lowest BCUT2D eigenvalue weighted by atomic mass is 10.2. The molecule has 9 heteroatoms. The summed E-state index contributed by atoms with van der Waals surface area (Å²) in [7, 11) is 0. The van der Waals surface area contributed by atoms with Gasteiger partial charge in [-0.3, -0.25) is 30.6 Å². The fourth-order valence-electron chi connectivity index (χ4n) is 2.37. The maximum Gasteiger partial charge on any atom is 0.269 e. The molecule has 1 aromatic carbocycles. The molecule has 1 aliphatic carbocycles. The summed E-state index contributed by atoms with van der Waals surface area (Å²) in [6, 6.07) is 9.97. The van der Waals surface area contributed by atoms with Crippen LogP contribution in [0.4, 0.5) is 5.69 Å². The lowest BCUT2D eigenvalue weighted by Gasteiger charge is -2.10. The second kappa shape index (κ2) is 9.16. The maximum absolute atomic E-state index is 12.1. The summed E-state index contributed by atoms with van der Waals surface area (Å²) in [5, 5.41) is 5.14. The molecule has 1 fully saturated rings. The molecule has 150 valence electrons. The molecule has 2 aromatic rings. The second-order valence-electron chi connectivity index (χ2n) is 6.52. The van der Waals surface area contributed by atoms with Crippen molar-refractivity contribution < 1.29 is 18.8 Å². The average Bonchev–Trinajstić information content (AvgIpc) is 3.47. The number of thiocarbonyl (C=S) groups is 1. The molecule has 0 aliphatic heterocycles. The van der Waals surface area contributed by atoms with Crippen molar-refractivity contribution >= 4 is 46.8 Å². The Labute approximate surface area is 172 Å². The van der Waals surface area contributed by atoms with Gasteiger partial charge in [-0.25, -0.2) is 0 Å². The van der Waals surface area contributed by atoms with E-state index in [1.165, 1.54) is 12.2 Å². The number of anilines is 1. The molecule has 1 aliphatic rings. The van der Waals surface area contributed by atoms with Gasteiger partial charge in [0, 0.05) is 23.2 Å². The highest BCUT2D eigenvalue weighted by molar-refractivity contribution is 7.80. The predicted molar refractivity (Wildman–Crippen MR) is 112 cm³/mol. The van der Waals surface area contributed by atoms with Gasteiger partial charge in [0.05, 0.1) is 0 Å². The van der Waals surface area contributed by atoms with Crippen LogP contribution in [-0.4, -0.2) is 22.8 Å². The summed E-state index contributed by atoms with van der Waals surface area (Å²) in [6.07, 6.45) is 4.62. The Morgan fingerprint density at radius 1 is 1.07 bits per heavy atom. The van der Waals surface area contributed by atoms with Crippen LogP contribution in [0.1, 0.15) is 34.7 Å². The van der Waals surface area contributed by atoms with E-state index in [0.717, 1.165) is 18.6 Å². The van der Waals surface area contributed by atoms with Crippen LogP contribution >= 0.6 is 12.2 Å². The largest absolute Gasteiger partial charge is 0.462 e. The number of carbonyl (C=O) groups excluding carboxylic acids is 3. The topological polar surface area (TPSA) is 112 Å². The summed E-state index contributed by atoms with van der Waals surface area (Å²) in [6.45, 7) is 1.80. The Morgan fingerprint density at radius 2 is 1.79 bits per heavy atom. The molecule has 0 bridgehead atoms. The molecule has 0 spiro atoms. The van der Waals surface area contributed by atoms with Gasteiger partial charge in [0.1, 0.15) is 11.5 Å². The molecule has 0 saturated heterocycles. The SMILES string of the molecule is Cc1ccc(/C=C/C(=O)NC(=S)NNC(=O)c2ccc(NC(=O)C3CC3)cc2)o1. The number of carbonyl (C=O) groups is 3. The monoisotopic (exact) mass is 412 g/mol. The molecule has 0 unspecified atom stereocenters. The number of aryl methyl sites for hydroxylation is 1. The van der Waals surface area contributed by atoms with Crippen molar-refractivity contribution in [1.82, 2.24) is 16.2 Å². The van der Waals surface area contributed by atoms with E-state index in [1.54, 1.807) is 43.3 Å². The van der Waals surface area contributed by atoms with Gasteiger partial charge >= 0.3 is 0 Å². The van der Waals surface area contributed by atoms with E-state index >= 15 is 0 Å². The van der Waals surface area contributed by atoms with E-state index in [4.69, 9.17) is 16.6 Å². The zero-order valence-corrected chi connectivity index (χ0v) is 16.5. The van der Waals surface area contributed by atoms with Crippen LogP contribution in [0.3, 0.4) is 0 Å². The van der Waals surface area contributed by atoms with E-state index in [9.17, 15) is 14.4 Å². The lowest BCUT2D eigenvalue weighted by Crippen LogP contribution is -2.48. The Morgan fingerprint density at radius 3 is 2.41 bits per heavy atom. The molecule has 29 heavy (non-hydrogen) atoms. The second-order valence-corrected chi connectivity index (χ2v) is 6.93. The van der Waals surface area contributed by atoms with Crippen LogP contribution in [0.2, 0.25) is 0 Å². The quantitative estimate of drug-likeness (QED) is 0.341. The predicted octanol–water partition coefficient (Wildman–Crippen LogP) is 2.29. The summed E-state index contributed by atoms with van der Waals surface area (Å²) < 4.78 is 5.32. The number of hydrogen-bond donors (Lipinski definition) is 4. The summed E-state index contributed by atoms with van der Waals surface area (Å²) in [5.74, 6) is 0.479. The number of hydrazine groups is 1. The molecule has 0 atom stereocenters. The molecule has 1 saturated carbocycles. The van der Waals surface area contributed by atoms with Crippen LogP contribution in [0.15, 0.2) is 46.9 Å². The summed E-state index contributed by atoms with van der Waals surface area (Å²) >= 11 is 4.97. The molecule has 4 N–H and O–H groups in total. The van der Waals surface area contributed by atoms with Crippen molar-refractivity contribution in [2.75, 3.05) is 5.32 Å². The lowest BCUT2D eigenvalue weighted by molar-refractivity contribution is -0.117. The minimum absolute atomic E-state index is 0.00110. The fraction of sp³-hybridized carbons (Fsp3) is 0.200. The third-order valence-electron chi connectivity index (χ3n) is 4.05.